The highest BCUT2D eigenvalue weighted by molar-refractivity contribution is 5.15. The molecule has 0 aromatic heterocycles. The molecule has 2 aromatic carbocycles. The van der Waals surface area contributed by atoms with Crippen molar-refractivity contribution in [2.45, 2.75) is 182 Å². The summed E-state index contributed by atoms with van der Waals surface area (Å²) in [5.74, 6) is 0. The topological polar surface area (TPSA) is 124 Å². The first-order valence-electron chi connectivity index (χ1n) is 20.4. The van der Waals surface area contributed by atoms with E-state index >= 15 is 0 Å². The number of fused-ring (bicyclic) bond motifs is 6. The van der Waals surface area contributed by atoms with Gasteiger partial charge in [-0.2, -0.15) is 0 Å². The molecule has 11 heteroatoms. The fourth-order valence-electron chi connectivity index (χ4n) is 10.3. The van der Waals surface area contributed by atoms with Crippen LogP contribution in [0.4, 0.5) is 0 Å². The van der Waals surface area contributed by atoms with Crippen molar-refractivity contribution >= 4 is 0 Å². The average molecular weight is 751 g/mol. The number of hydrogen-bond acceptors (Lipinski definition) is 11. The number of ether oxygens (including phenoxy) is 9. The van der Waals surface area contributed by atoms with E-state index in [0.29, 0.717) is 32.7 Å². The first-order chi connectivity index (χ1) is 26.2. The Bertz CT molecular complexity index is 1530. The third-order valence-corrected chi connectivity index (χ3v) is 13.4. The Kier molecular flexibility index (Phi) is 11.0. The van der Waals surface area contributed by atoms with Crippen molar-refractivity contribution in [1.29, 1.82) is 0 Å². The predicted octanol–water partition coefficient (Wildman–Crippen LogP) is 4.80. The molecule has 296 valence electrons. The minimum atomic E-state index is -0.744. The van der Waals surface area contributed by atoms with Gasteiger partial charge in [0.15, 0.2) is 0 Å². The first kappa shape index (κ1) is 37.6. The molecule has 0 unspecified atom stereocenters. The molecule has 7 fully saturated rings. The molecule has 7 aliphatic rings. The van der Waals surface area contributed by atoms with E-state index in [1.165, 1.54) is 0 Å². The Labute approximate surface area is 318 Å². The predicted molar refractivity (Wildman–Crippen MR) is 196 cm³/mol. The van der Waals surface area contributed by atoms with Crippen molar-refractivity contribution in [3.05, 3.63) is 71.8 Å². The summed E-state index contributed by atoms with van der Waals surface area (Å²) in [4.78, 5) is 0. The van der Waals surface area contributed by atoms with Gasteiger partial charge in [0.05, 0.1) is 110 Å². The smallest absolute Gasteiger partial charge is 0.107 e. The maximum atomic E-state index is 10.5. The molecule has 0 bridgehead atoms. The van der Waals surface area contributed by atoms with E-state index in [1.54, 1.807) is 0 Å². The van der Waals surface area contributed by atoms with Crippen molar-refractivity contribution < 1.29 is 52.8 Å². The minimum Gasteiger partial charge on any atom is -0.394 e. The Hall–Kier alpha value is -2.00. The molecule has 2 aromatic rings. The van der Waals surface area contributed by atoms with Gasteiger partial charge in [-0.3, -0.25) is 0 Å². The maximum absolute atomic E-state index is 10.5. The Morgan fingerprint density at radius 3 is 1.98 bits per heavy atom. The summed E-state index contributed by atoms with van der Waals surface area (Å²) < 4.78 is 60.2. The molecule has 0 aliphatic carbocycles. The van der Waals surface area contributed by atoms with Gasteiger partial charge in [0.2, 0.25) is 0 Å². The van der Waals surface area contributed by atoms with E-state index in [0.717, 1.165) is 56.1 Å². The molecule has 11 nitrogen and oxygen atoms in total. The summed E-state index contributed by atoms with van der Waals surface area (Å²) in [6.07, 6.45) is 3.48. The van der Waals surface area contributed by atoms with E-state index in [2.05, 4.69) is 38.1 Å². The van der Waals surface area contributed by atoms with Crippen LogP contribution in [0.1, 0.15) is 82.8 Å². The lowest BCUT2D eigenvalue weighted by atomic mass is 9.77. The van der Waals surface area contributed by atoms with E-state index in [1.807, 2.05) is 36.4 Å². The molecule has 7 aliphatic heterocycles. The second-order valence-electron chi connectivity index (χ2n) is 17.2. The molecule has 7 saturated heterocycles. The quantitative estimate of drug-likeness (QED) is 0.344. The van der Waals surface area contributed by atoms with Crippen LogP contribution in [0.3, 0.4) is 0 Å². The molecule has 0 amide bonds. The van der Waals surface area contributed by atoms with Crippen molar-refractivity contribution in [2.75, 3.05) is 13.2 Å². The highest BCUT2D eigenvalue weighted by Gasteiger charge is 2.59. The lowest BCUT2D eigenvalue weighted by Crippen LogP contribution is -2.67. The van der Waals surface area contributed by atoms with Gasteiger partial charge in [0.1, 0.15) is 6.10 Å². The van der Waals surface area contributed by atoms with Crippen LogP contribution in [-0.4, -0.2) is 120 Å². The SMILES string of the molecule is C[C@@]12CC[C@@H]3O[C@@H]4C[C@@H]5O[C@@H]6C[C@H](O)[C@@H](CO)O[C@H]6C[C@@]5(C)O[C@H]4C[C@H]3O[C@H]1C[C@H]1O[C@@H](CCOCc3ccccc3)[C@H](OCc3ccccc3)C[C@@H]1O2. The van der Waals surface area contributed by atoms with E-state index in [4.69, 9.17) is 42.6 Å². The van der Waals surface area contributed by atoms with Crippen molar-refractivity contribution in [1.82, 2.24) is 0 Å². The van der Waals surface area contributed by atoms with Crippen molar-refractivity contribution in [3.8, 4) is 0 Å². The van der Waals surface area contributed by atoms with E-state index in [-0.39, 0.29) is 79.9 Å². The highest BCUT2D eigenvalue weighted by Crippen LogP contribution is 2.50. The van der Waals surface area contributed by atoms with Gasteiger partial charge in [-0.25, -0.2) is 0 Å². The van der Waals surface area contributed by atoms with Gasteiger partial charge >= 0.3 is 0 Å². The zero-order chi connectivity index (χ0) is 36.9. The van der Waals surface area contributed by atoms with Gasteiger partial charge in [-0.15, -0.1) is 0 Å². The average Bonchev–Trinajstić information content (AvgIpc) is 3.30. The van der Waals surface area contributed by atoms with Crippen LogP contribution < -0.4 is 0 Å². The summed E-state index contributed by atoms with van der Waals surface area (Å²) in [6, 6.07) is 20.6. The normalized spacial score (nSPS) is 45.7. The lowest BCUT2D eigenvalue weighted by Gasteiger charge is -2.57. The molecule has 2 N–H and O–H groups in total. The molecular formula is C43H58O11. The van der Waals surface area contributed by atoms with Crippen LogP contribution in [-0.2, 0) is 55.8 Å². The molecule has 54 heavy (non-hydrogen) atoms. The highest BCUT2D eigenvalue weighted by atomic mass is 16.6. The summed E-state index contributed by atoms with van der Waals surface area (Å²) in [7, 11) is 0. The van der Waals surface area contributed by atoms with Crippen molar-refractivity contribution in [3.63, 3.8) is 0 Å². The zero-order valence-corrected chi connectivity index (χ0v) is 31.6. The Morgan fingerprint density at radius 2 is 1.24 bits per heavy atom. The number of aliphatic hydroxyl groups excluding tert-OH is 2. The second-order valence-corrected chi connectivity index (χ2v) is 17.2. The third kappa shape index (κ3) is 7.68. The van der Waals surface area contributed by atoms with E-state index in [9.17, 15) is 10.2 Å². The fraction of sp³-hybridized carbons (Fsp3) is 0.721. The monoisotopic (exact) mass is 750 g/mol. The van der Waals surface area contributed by atoms with Gasteiger partial charge in [0.25, 0.3) is 0 Å². The summed E-state index contributed by atoms with van der Waals surface area (Å²) >= 11 is 0. The lowest BCUT2D eigenvalue weighted by molar-refractivity contribution is -0.337. The van der Waals surface area contributed by atoms with Gasteiger partial charge in [0, 0.05) is 45.1 Å². The second kappa shape index (κ2) is 15.7. The molecule has 16 atom stereocenters. The molecule has 0 radical (unpaired) electrons. The van der Waals surface area contributed by atoms with Gasteiger partial charge in [-0.05, 0) is 44.2 Å². The van der Waals surface area contributed by atoms with Crippen LogP contribution in [0.25, 0.3) is 0 Å². The van der Waals surface area contributed by atoms with Crippen LogP contribution in [0, 0.1) is 0 Å². The summed E-state index contributed by atoms with van der Waals surface area (Å²) in [5.41, 5.74) is 1.26. The first-order valence-corrected chi connectivity index (χ1v) is 20.4. The molecule has 7 heterocycles. The van der Waals surface area contributed by atoms with Crippen LogP contribution in [0.15, 0.2) is 60.7 Å². The largest absolute Gasteiger partial charge is 0.394 e. The van der Waals surface area contributed by atoms with Crippen LogP contribution >= 0.6 is 0 Å². The summed E-state index contributed by atoms with van der Waals surface area (Å²) in [6.45, 7) is 5.77. The third-order valence-electron chi connectivity index (χ3n) is 13.4. The number of hydrogen-bond donors (Lipinski definition) is 2. The summed E-state index contributed by atoms with van der Waals surface area (Å²) in [5, 5.41) is 20.2. The molecule has 9 rings (SSSR count). The van der Waals surface area contributed by atoms with Gasteiger partial charge < -0.3 is 52.8 Å². The van der Waals surface area contributed by atoms with Crippen molar-refractivity contribution in [2.24, 2.45) is 0 Å². The maximum Gasteiger partial charge on any atom is 0.107 e. The standard InChI is InChI=1S/C43H58O11/c1-42-15-13-29-33(19-37-35(48-29)21-41-43(2,54-37)22-38-32(51-41)17-28(45)39(23-44)50-38)52-40(42)20-34-36(53-42)18-31(47-25-27-11-7-4-8-12-27)30(49-34)14-16-46-24-26-9-5-3-6-10-26/h3-12,28-41,44-45H,13-25H2,1-2H3/t28-,29-,30-,31+,32+,33+,34+,35+,36-,37-,38-,39+,40-,41-,42+,43+/m0/s1. The van der Waals surface area contributed by atoms with Crippen LogP contribution in [0.2, 0.25) is 0 Å². The number of aliphatic hydroxyl groups is 2. The molecular weight excluding hydrogens is 692 g/mol. The Morgan fingerprint density at radius 1 is 0.630 bits per heavy atom. The van der Waals surface area contributed by atoms with Gasteiger partial charge in [-0.1, -0.05) is 60.7 Å². The van der Waals surface area contributed by atoms with E-state index < -0.39 is 23.4 Å². The van der Waals surface area contributed by atoms with Crippen LogP contribution in [0.5, 0.6) is 0 Å². The fourth-order valence-corrected chi connectivity index (χ4v) is 10.3. The number of rotatable bonds is 9. The molecule has 0 saturated carbocycles. The molecule has 0 spiro atoms. The minimum absolute atomic E-state index is 0.0638. The number of benzene rings is 2. The Balaban J connectivity index is 0.857. The zero-order valence-electron chi connectivity index (χ0n) is 31.6.